The lowest BCUT2D eigenvalue weighted by Gasteiger charge is -2.27. The maximum Gasteiger partial charge on any atom is 0.0468 e. The van der Waals surface area contributed by atoms with Crippen LogP contribution in [0.3, 0.4) is 0 Å². The average molecular weight is 666 g/mol. The molecule has 52 heavy (non-hydrogen) atoms. The first-order valence-electron chi connectivity index (χ1n) is 18.1. The molecule has 0 fully saturated rings. The van der Waals surface area contributed by atoms with Gasteiger partial charge in [-0.05, 0) is 109 Å². The number of nitrogens with zero attached hydrogens (tertiary/aromatic N) is 1. The molecule has 0 atom stereocenters. The van der Waals surface area contributed by atoms with Gasteiger partial charge < -0.3 is 4.90 Å². The number of hydrogen-bond acceptors (Lipinski definition) is 1. The third-order valence-electron chi connectivity index (χ3n) is 10.7. The zero-order valence-corrected chi connectivity index (χ0v) is 29.5. The van der Waals surface area contributed by atoms with Crippen molar-refractivity contribution in [3.63, 3.8) is 0 Å². The minimum absolute atomic E-state index is 0.0838. The fourth-order valence-corrected chi connectivity index (χ4v) is 7.97. The number of anilines is 3. The van der Waals surface area contributed by atoms with E-state index in [1.165, 1.54) is 66.8 Å². The SMILES string of the molecule is CC1(C)c2ccccc2-c2ccc(-c3cc(N(c4ccc(-c5ccccc5)cc4)c4ccc(-c5ccccc5)cc4)ccc3-c3ccccc3)cc21. The van der Waals surface area contributed by atoms with Gasteiger partial charge in [-0.2, -0.15) is 0 Å². The van der Waals surface area contributed by atoms with E-state index >= 15 is 0 Å². The van der Waals surface area contributed by atoms with Crippen LogP contribution in [0.25, 0.3) is 55.6 Å². The molecule has 8 aromatic carbocycles. The first kappa shape index (κ1) is 31.5. The lowest BCUT2D eigenvalue weighted by molar-refractivity contribution is 0.660. The first-order valence-corrected chi connectivity index (χ1v) is 18.1. The summed E-state index contributed by atoms with van der Waals surface area (Å²) in [5.41, 5.74) is 18.4. The molecule has 248 valence electrons. The van der Waals surface area contributed by atoms with Crippen molar-refractivity contribution in [2.24, 2.45) is 0 Å². The summed E-state index contributed by atoms with van der Waals surface area (Å²) in [6, 6.07) is 72.8. The van der Waals surface area contributed by atoms with Crippen LogP contribution in [0.1, 0.15) is 25.0 Å². The Balaban J connectivity index is 1.21. The first-order chi connectivity index (χ1) is 25.5. The van der Waals surface area contributed by atoms with E-state index < -0.39 is 0 Å². The Morgan fingerprint density at radius 2 is 0.712 bits per heavy atom. The second-order valence-electron chi connectivity index (χ2n) is 14.2. The molecule has 0 unspecified atom stereocenters. The zero-order valence-electron chi connectivity index (χ0n) is 29.5. The van der Waals surface area contributed by atoms with Gasteiger partial charge in [0.05, 0.1) is 0 Å². The summed E-state index contributed by atoms with van der Waals surface area (Å²) >= 11 is 0. The summed E-state index contributed by atoms with van der Waals surface area (Å²) in [4.78, 5) is 2.38. The van der Waals surface area contributed by atoms with Gasteiger partial charge in [-0.15, -0.1) is 0 Å². The highest BCUT2D eigenvalue weighted by Gasteiger charge is 2.35. The Hall–Kier alpha value is -6.44. The Morgan fingerprint density at radius 1 is 0.288 bits per heavy atom. The molecule has 0 radical (unpaired) electrons. The quantitative estimate of drug-likeness (QED) is 0.164. The molecule has 0 heterocycles. The second kappa shape index (κ2) is 13.0. The van der Waals surface area contributed by atoms with Crippen molar-refractivity contribution in [1.29, 1.82) is 0 Å². The van der Waals surface area contributed by atoms with Crippen LogP contribution in [-0.4, -0.2) is 0 Å². The van der Waals surface area contributed by atoms with Gasteiger partial charge in [-0.3, -0.25) is 0 Å². The van der Waals surface area contributed by atoms with E-state index in [1.54, 1.807) is 0 Å². The molecular formula is C51H39N. The highest BCUT2D eigenvalue weighted by molar-refractivity contribution is 5.91. The minimum atomic E-state index is -0.0838. The van der Waals surface area contributed by atoms with E-state index in [4.69, 9.17) is 0 Å². The maximum absolute atomic E-state index is 2.44. The Bertz CT molecular complexity index is 2410. The molecule has 0 spiro atoms. The van der Waals surface area contributed by atoms with Crippen molar-refractivity contribution < 1.29 is 0 Å². The predicted molar refractivity (Wildman–Crippen MR) is 220 cm³/mol. The van der Waals surface area contributed by atoms with Crippen LogP contribution in [0.5, 0.6) is 0 Å². The van der Waals surface area contributed by atoms with Crippen LogP contribution in [0.15, 0.2) is 200 Å². The second-order valence-corrected chi connectivity index (χ2v) is 14.2. The van der Waals surface area contributed by atoms with E-state index in [1.807, 2.05) is 0 Å². The van der Waals surface area contributed by atoms with Gasteiger partial charge in [-0.1, -0.05) is 172 Å². The number of hydrogen-bond donors (Lipinski definition) is 0. The number of benzene rings is 8. The van der Waals surface area contributed by atoms with Crippen molar-refractivity contribution in [2.45, 2.75) is 19.3 Å². The number of rotatable bonds is 7. The van der Waals surface area contributed by atoms with Gasteiger partial charge >= 0.3 is 0 Å². The van der Waals surface area contributed by atoms with Crippen molar-refractivity contribution >= 4 is 17.1 Å². The average Bonchev–Trinajstić information content (AvgIpc) is 3.45. The Kier molecular flexibility index (Phi) is 7.90. The molecule has 0 saturated carbocycles. The minimum Gasteiger partial charge on any atom is -0.310 e. The van der Waals surface area contributed by atoms with Gasteiger partial charge in [0.1, 0.15) is 0 Å². The van der Waals surface area contributed by atoms with E-state index in [9.17, 15) is 0 Å². The van der Waals surface area contributed by atoms with Crippen LogP contribution in [-0.2, 0) is 5.41 Å². The molecule has 0 amide bonds. The third kappa shape index (κ3) is 5.61. The Morgan fingerprint density at radius 3 is 1.29 bits per heavy atom. The maximum atomic E-state index is 2.44. The smallest absolute Gasteiger partial charge is 0.0468 e. The lowest BCUT2D eigenvalue weighted by Crippen LogP contribution is -2.15. The fourth-order valence-electron chi connectivity index (χ4n) is 7.97. The molecule has 0 saturated heterocycles. The summed E-state index contributed by atoms with van der Waals surface area (Å²) in [5.74, 6) is 0. The molecule has 9 rings (SSSR count). The lowest BCUT2D eigenvalue weighted by atomic mass is 9.81. The van der Waals surface area contributed by atoms with Crippen LogP contribution >= 0.6 is 0 Å². The van der Waals surface area contributed by atoms with E-state index in [-0.39, 0.29) is 5.41 Å². The van der Waals surface area contributed by atoms with Gasteiger partial charge in [0.2, 0.25) is 0 Å². The number of fused-ring (bicyclic) bond motifs is 3. The van der Waals surface area contributed by atoms with E-state index in [2.05, 4.69) is 219 Å². The largest absolute Gasteiger partial charge is 0.310 e. The molecule has 8 aromatic rings. The summed E-state index contributed by atoms with van der Waals surface area (Å²) in [6.07, 6.45) is 0. The van der Waals surface area contributed by atoms with Gasteiger partial charge in [0, 0.05) is 22.5 Å². The van der Waals surface area contributed by atoms with Gasteiger partial charge in [0.15, 0.2) is 0 Å². The monoisotopic (exact) mass is 665 g/mol. The predicted octanol–water partition coefficient (Wildman–Crippen LogP) is 14.1. The van der Waals surface area contributed by atoms with Crippen LogP contribution in [0.2, 0.25) is 0 Å². The summed E-state index contributed by atoms with van der Waals surface area (Å²) < 4.78 is 0. The van der Waals surface area contributed by atoms with Crippen LogP contribution < -0.4 is 4.90 Å². The highest BCUT2D eigenvalue weighted by atomic mass is 15.1. The summed E-state index contributed by atoms with van der Waals surface area (Å²) in [6.45, 7) is 4.71. The molecule has 0 aliphatic heterocycles. The van der Waals surface area contributed by atoms with Crippen LogP contribution in [0, 0.1) is 0 Å². The molecule has 0 bridgehead atoms. The molecule has 1 aliphatic rings. The molecule has 1 nitrogen and oxygen atoms in total. The Labute approximate surface area is 307 Å². The molecule has 0 aromatic heterocycles. The molecule has 1 heteroatoms. The van der Waals surface area contributed by atoms with E-state index in [0.29, 0.717) is 0 Å². The topological polar surface area (TPSA) is 3.24 Å². The molecule has 1 aliphatic carbocycles. The molecule has 0 N–H and O–H groups in total. The standard InChI is InChI=1S/C51H39N/c1-51(2)49-21-13-12-20-46(49)47-32-26-41(34-50(47)51)48-35-44(31-33-45(48)40-18-10-5-11-19-40)52(42-27-22-38(23-28-42)36-14-6-3-7-15-36)43-29-24-39(25-30-43)37-16-8-4-9-17-37/h3-35H,1-2H3. The fraction of sp³-hybridized carbons (Fsp3) is 0.0588. The van der Waals surface area contributed by atoms with Crippen molar-refractivity contribution in [2.75, 3.05) is 4.90 Å². The third-order valence-corrected chi connectivity index (χ3v) is 10.7. The van der Waals surface area contributed by atoms with Crippen molar-refractivity contribution in [3.8, 4) is 55.6 Å². The van der Waals surface area contributed by atoms with Gasteiger partial charge in [0.25, 0.3) is 0 Å². The highest BCUT2D eigenvalue weighted by Crippen LogP contribution is 2.50. The van der Waals surface area contributed by atoms with Gasteiger partial charge in [-0.25, -0.2) is 0 Å². The van der Waals surface area contributed by atoms with Crippen molar-refractivity contribution in [3.05, 3.63) is 211 Å². The van der Waals surface area contributed by atoms with E-state index in [0.717, 1.165) is 17.1 Å². The molecular weight excluding hydrogens is 627 g/mol. The normalized spacial score (nSPS) is 12.6. The summed E-state index contributed by atoms with van der Waals surface area (Å²) in [5, 5.41) is 0. The van der Waals surface area contributed by atoms with Crippen LogP contribution in [0.4, 0.5) is 17.1 Å². The van der Waals surface area contributed by atoms with Crippen molar-refractivity contribution in [1.82, 2.24) is 0 Å². The summed E-state index contributed by atoms with van der Waals surface area (Å²) in [7, 11) is 0. The zero-order chi connectivity index (χ0) is 35.1.